The van der Waals surface area contributed by atoms with Gasteiger partial charge in [-0.3, -0.25) is 4.79 Å². The highest BCUT2D eigenvalue weighted by atomic mass is 32.2. The smallest absolute Gasteiger partial charge is 0.368 e. The zero-order valence-corrected chi connectivity index (χ0v) is 10.0. The predicted molar refractivity (Wildman–Crippen MR) is 51.2 cm³/mol. The number of carbonyl (C=O) groups is 1. The second-order valence-corrected chi connectivity index (χ2v) is 5.68. The van der Waals surface area contributed by atoms with E-state index in [-0.39, 0.29) is 6.61 Å². The minimum Gasteiger partial charge on any atom is -0.368 e. The van der Waals surface area contributed by atoms with E-state index in [9.17, 15) is 26.4 Å². The molecule has 1 amide bonds. The van der Waals surface area contributed by atoms with Gasteiger partial charge in [-0.05, 0) is 6.92 Å². The van der Waals surface area contributed by atoms with E-state index in [0.29, 0.717) is 6.61 Å². The van der Waals surface area contributed by atoms with Crippen LogP contribution in [-0.2, 0) is 24.3 Å². The van der Waals surface area contributed by atoms with E-state index in [1.54, 1.807) is 6.92 Å². The Hall–Kier alpha value is -0.910. The number of nitrogens with two attached hydrogens (primary N) is 1. The van der Waals surface area contributed by atoms with Gasteiger partial charge >= 0.3 is 15.5 Å². The number of nitrogens with zero attached hydrogens (tertiary/aromatic N) is 1. The van der Waals surface area contributed by atoms with Gasteiger partial charge in [0.05, 0.1) is 13.2 Å². The molecule has 106 valence electrons. The number of hydrogen-bond acceptors (Lipinski definition) is 6. The minimum atomic E-state index is -5.88. The molecule has 7 nitrogen and oxygen atoms in total. The van der Waals surface area contributed by atoms with Crippen molar-refractivity contribution in [2.75, 3.05) is 19.8 Å². The summed E-state index contributed by atoms with van der Waals surface area (Å²) >= 11 is 0. The number of alkyl halides is 3. The fourth-order valence-corrected chi connectivity index (χ4v) is 1.41. The van der Waals surface area contributed by atoms with Crippen LogP contribution in [-0.4, -0.2) is 49.7 Å². The van der Waals surface area contributed by atoms with Crippen molar-refractivity contribution in [1.82, 2.24) is 4.41 Å². The second-order valence-electron chi connectivity index (χ2n) is 3.87. The Morgan fingerprint density at radius 2 is 2.06 bits per heavy atom. The first-order valence-corrected chi connectivity index (χ1v) is 6.04. The molecule has 0 radical (unpaired) electrons. The average Bonchev–Trinajstić information content (AvgIpc) is 2.93. The molecule has 0 spiro atoms. The fraction of sp³-hybridized carbons (Fsp3) is 0.857. The summed E-state index contributed by atoms with van der Waals surface area (Å²) in [6, 6.07) is 0. The normalized spacial score (nSPS) is 23.8. The van der Waals surface area contributed by atoms with Crippen LogP contribution < -0.4 is 5.84 Å². The van der Waals surface area contributed by atoms with Crippen molar-refractivity contribution in [1.29, 1.82) is 0 Å². The molecular weight excluding hydrogens is 281 g/mol. The summed E-state index contributed by atoms with van der Waals surface area (Å²) in [5, 5.41) is 0. The number of sulfonamides is 1. The van der Waals surface area contributed by atoms with Gasteiger partial charge in [-0.2, -0.15) is 26.0 Å². The maximum atomic E-state index is 12.0. The summed E-state index contributed by atoms with van der Waals surface area (Å²) < 4.78 is 66.3. The summed E-state index contributed by atoms with van der Waals surface area (Å²) in [5.74, 6) is 3.09. The third-order valence-electron chi connectivity index (χ3n) is 2.07. The zero-order chi connectivity index (χ0) is 14.2. The van der Waals surface area contributed by atoms with Crippen LogP contribution in [0, 0.1) is 0 Å². The molecule has 0 aromatic rings. The molecule has 0 saturated carbocycles. The van der Waals surface area contributed by atoms with Gasteiger partial charge in [0.15, 0.2) is 0 Å². The van der Waals surface area contributed by atoms with Crippen molar-refractivity contribution in [3.63, 3.8) is 0 Å². The van der Waals surface area contributed by atoms with Crippen LogP contribution in [0.2, 0.25) is 0 Å². The van der Waals surface area contributed by atoms with E-state index in [1.807, 2.05) is 0 Å². The molecule has 0 aliphatic carbocycles. The van der Waals surface area contributed by atoms with Crippen LogP contribution in [0.25, 0.3) is 0 Å². The van der Waals surface area contributed by atoms with Gasteiger partial charge in [0, 0.05) is 0 Å². The number of ether oxygens (including phenoxy) is 2. The maximum absolute atomic E-state index is 12.0. The molecule has 0 bridgehead atoms. The number of hydrogen-bond donors (Lipinski definition) is 1. The van der Waals surface area contributed by atoms with Gasteiger partial charge in [0.1, 0.15) is 12.2 Å². The molecule has 1 rings (SSSR count). The van der Waals surface area contributed by atoms with Crippen molar-refractivity contribution in [3.8, 4) is 0 Å². The van der Waals surface area contributed by atoms with Gasteiger partial charge in [-0.1, -0.05) is 0 Å². The zero-order valence-electron chi connectivity index (χ0n) is 9.23. The predicted octanol–water partition coefficient (Wildman–Crippen LogP) is -0.656. The van der Waals surface area contributed by atoms with Gasteiger partial charge < -0.3 is 9.47 Å². The molecular formula is C7H11F3N2O5S. The fourth-order valence-electron chi connectivity index (χ4n) is 0.870. The molecule has 0 aromatic heterocycles. The first-order chi connectivity index (χ1) is 8.00. The number of hydrazine groups is 1. The van der Waals surface area contributed by atoms with Gasteiger partial charge in [0.25, 0.3) is 5.91 Å². The van der Waals surface area contributed by atoms with Crippen LogP contribution in [0.15, 0.2) is 0 Å². The van der Waals surface area contributed by atoms with Crippen LogP contribution in [0.1, 0.15) is 6.92 Å². The van der Waals surface area contributed by atoms with Crippen LogP contribution in [0.5, 0.6) is 0 Å². The molecule has 1 fully saturated rings. The largest absolute Gasteiger partial charge is 0.518 e. The van der Waals surface area contributed by atoms with Crippen molar-refractivity contribution in [2.24, 2.45) is 5.84 Å². The lowest BCUT2D eigenvalue weighted by atomic mass is 10.2. The third kappa shape index (κ3) is 3.31. The Labute approximate surface area is 101 Å². The number of halogens is 3. The number of amides is 1. The quantitative estimate of drug-likeness (QED) is 0.312. The van der Waals surface area contributed by atoms with E-state index in [2.05, 4.69) is 5.84 Å². The van der Waals surface area contributed by atoms with Crippen LogP contribution in [0.4, 0.5) is 13.2 Å². The Morgan fingerprint density at radius 3 is 2.44 bits per heavy atom. The molecule has 1 aliphatic heterocycles. The number of epoxide rings is 1. The van der Waals surface area contributed by atoms with Crippen LogP contribution in [0.3, 0.4) is 0 Å². The molecule has 0 aromatic carbocycles. The monoisotopic (exact) mass is 292 g/mol. The van der Waals surface area contributed by atoms with Crippen molar-refractivity contribution in [3.05, 3.63) is 0 Å². The van der Waals surface area contributed by atoms with E-state index in [0.717, 1.165) is 0 Å². The van der Waals surface area contributed by atoms with Crippen molar-refractivity contribution in [2.45, 2.75) is 18.0 Å². The van der Waals surface area contributed by atoms with Gasteiger partial charge in [-0.25, -0.2) is 5.84 Å². The summed E-state index contributed by atoms with van der Waals surface area (Å²) in [6.45, 7) is 1.13. The Kier molecular flexibility index (Phi) is 3.91. The van der Waals surface area contributed by atoms with Crippen LogP contribution >= 0.6 is 0 Å². The molecule has 1 heterocycles. The molecule has 1 unspecified atom stereocenters. The average molecular weight is 292 g/mol. The lowest BCUT2D eigenvalue weighted by Gasteiger charge is -2.18. The maximum Gasteiger partial charge on any atom is 0.518 e. The van der Waals surface area contributed by atoms with E-state index in [4.69, 9.17) is 9.47 Å². The van der Waals surface area contributed by atoms with Crippen molar-refractivity contribution < 1.29 is 35.9 Å². The van der Waals surface area contributed by atoms with E-state index in [1.165, 1.54) is 0 Å². The molecule has 11 heteroatoms. The lowest BCUT2D eigenvalue weighted by Crippen LogP contribution is -2.50. The topological polar surface area (TPSA) is 102 Å². The molecule has 1 atom stereocenters. The summed E-state index contributed by atoms with van der Waals surface area (Å²) in [6.07, 6.45) is 0. The summed E-state index contributed by atoms with van der Waals surface area (Å²) in [4.78, 5) is 11.1. The summed E-state index contributed by atoms with van der Waals surface area (Å²) in [5.41, 5.74) is -6.20. The first kappa shape index (κ1) is 15.1. The number of carbonyl (C=O) groups excluding carboxylic acids is 1. The lowest BCUT2D eigenvalue weighted by molar-refractivity contribution is -0.133. The molecule has 1 aliphatic rings. The molecule has 1 saturated heterocycles. The van der Waals surface area contributed by atoms with Gasteiger partial charge in [-0.15, -0.1) is 0 Å². The van der Waals surface area contributed by atoms with Crippen molar-refractivity contribution >= 4 is 15.9 Å². The third-order valence-corrected chi connectivity index (χ3v) is 3.37. The molecule has 18 heavy (non-hydrogen) atoms. The second kappa shape index (κ2) is 4.64. The SMILES string of the molecule is CC1(COCC(=O)N(N)S(=O)(=O)C(F)(F)F)CO1. The first-order valence-electron chi connectivity index (χ1n) is 4.60. The Balaban J connectivity index is 2.51. The van der Waals surface area contributed by atoms with E-state index < -0.39 is 38.1 Å². The molecule has 2 N–H and O–H groups in total. The summed E-state index contributed by atoms with van der Waals surface area (Å²) in [7, 11) is -5.88. The van der Waals surface area contributed by atoms with Gasteiger partial charge in [0.2, 0.25) is 0 Å². The number of rotatable bonds is 5. The highest BCUT2D eigenvalue weighted by Gasteiger charge is 2.51. The highest BCUT2D eigenvalue weighted by Crippen LogP contribution is 2.26. The minimum absolute atomic E-state index is 0.0430. The Bertz CT molecular complexity index is 431. The standard InChI is InChI=1S/C7H11F3N2O5S/c1-6(4-17-6)3-16-2-5(13)12(11)18(14,15)7(8,9)10/h2-4,11H2,1H3. The Morgan fingerprint density at radius 1 is 1.56 bits per heavy atom. The highest BCUT2D eigenvalue weighted by molar-refractivity contribution is 7.90. The van der Waals surface area contributed by atoms with E-state index >= 15 is 0 Å².